The Bertz CT molecular complexity index is 1260. The SMILES string of the molecule is O=C(Nc1cnn(Cc2cccc(Cl)c2)c1)c1cc(COc2ccc3c(c2)CCC3)cs1. The van der Waals surface area contributed by atoms with Gasteiger partial charge in [0, 0.05) is 16.8 Å². The molecule has 2 aromatic heterocycles. The van der Waals surface area contributed by atoms with E-state index >= 15 is 0 Å². The van der Waals surface area contributed by atoms with Crippen molar-refractivity contribution in [3.8, 4) is 5.75 Å². The molecule has 0 atom stereocenters. The molecule has 2 heterocycles. The predicted molar refractivity (Wildman–Crippen MR) is 128 cm³/mol. The average molecular weight is 464 g/mol. The Morgan fingerprint density at radius 1 is 1.12 bits per heavy atom. The van der Waals surface area contributed by atoms with Gasteiger partial charge in [0.15, 0.2) is 0 Å². The van der Waals surface area contributed by atoms with Gasteiger partial charge in [0.1, 0.15) is 12.4 Å². The van der Waals surface area contributed by atoms with Crippen LogP contribution in [0.4, 0.5) is 5.69 Å². The number of nitrogens with one attached hydrogen (secondary N) is 1. The van der Waals surface area contributed by atoms with E-state index < -0.39 is 0 Å². The molecular weight excluding hydrogens is 442 g/mol. The molecule has 1 amide bonds. The van der Waals surface area contributed by atoms with E-state index in [0.29, 0.717) is 28.7 Å². The first-order valence-corrected chi connectivity index (χ1v) is 11.8. The molecular formula is C25H22ClN3O2S. The molecule has 4 aromatic rings. The van der Waals surface area contributed by atoms with Gasteiger partial charge < -0.3 is 10.1 Å². The lowest BCUT2D eigenvalue weighted by atomic mass is 10.1. The molecule has 0 aliphatic heterocycles. The zero-order valence-electron chi connectivity index (χ0n) is 17.4. The highest BCUT2D eigenvalue weighted by Crippen LogP contribution is 2.27. The quantitative estimate of drug-likeness (QED) is 0.367. The van der Waals surface area contributed by atoms with Gasteiger partial charge in [0.2, 0.25) is 0 Å². The molecule has 0 bridgehead atoms. The molecule has 32 heavy (non-hydrogen) atoms. The van der Waals surface area contributed by atoms with Crippen molar-refractivity contribution in [1.29, 1.82) is 0 Å². The van der Waals surface area contributed by atoms with Crippen molar-refractivity contribution in [3.63, 3.8) is 0 Å². The number of anilines is 1. The smallest absolute Gasteiger partial charge is 0.265 e. The largest absolute Gasteiger partial charge is 0.489 e. The van der Waals surface area contributed by atoms with Crippen molar-refractivity contribution in [3.05, 3.63) is 98.5 Å². The van der Waals surface area contributed by atoms with Crippen LogP contribution in [0.25, 0.3) is 0 Å². The number of aryl methyl sites for hydroxylation is 2. The highest BCUT2D eigenvalue weighted by molar-refractivity contribution is 7.12. The first-order valence-electron chi connectivity index (χ1n) is 10.5. The predicted octanol–water partition coefficient (Wildman–Crippen LogP) is 5.97. The fourth-order valence-electron chi connectivity index (χ4n) is 3.90. The van der Waals surface area contributed by atoms with E-state index in [4.69, 9.17) is 16.3 Å². The van der Waals surface area contributed by atoms with Crippen LogP contribution in [-0.2, 0) is 26.0 Å². The van der Waals surface area contributed by atoms with Crippen molar-refractivity contribution in [2.75, 3.05) is 5.32 Å². The molecule has 1 aliphatic rings. The second kappa shape index (κ2) is 9.18. The number of aromatic nitrogens is 2. The third-order valence-electron chi connectivity index (χ3n) is 5.48. The van der Waals surface area contributed by atoms with Gasteiger partial charge in [-0.25, -0.2) is 0 Å². The summed E-state index contributed by atoms with van der Waals surface area (Å²) < 4.78 is 7.72. The maximum Gasteiger partial charge on any atom is 0.265 e. The molecule has 7 heteroatoms. The van der Waals surface area contributed by atoms with Crippen LogP contribution in [-0.4, -0.2) is 15.7 Å². The number of rotatable bonds is 7. The summed E-state index contributed by atoms with van der Waals surface area (Å²) in [7, 11) is 0. The summed E-state index contributed by atoms with van der Waals surface area (Å²) in [6.07, 6.45) is 6.97. The molecule has 0 spiro atoms. The van der Waals surface area contributed by atoms with Gasteiger partial charge in [0.25, 0.3) is 5.91 Å². The Labute approximate surface area is 195 Å². The Balaban J connectivity index is 1.17. The van der Waals surface area contributed by atoms with Crippen LogP contribution in [0.2, 0.25) is 5.02 Å². The van der Waals surface area contributed by atoms with Gasteiger partial charge in [-0.2, -0.15) is 5.10 Å². The summed E-state index contributed by atoms with van der Waals surface area (Å²) in [5.41, 5.74) is 5.51. The van der Waals surface area contributed by atoms with Crippen molar-refractivity contribution in [2.45, 2.75) is 32.4 Å². The summed E-state index contributed by atoms with van der Waals surface area (Å²) in [5.74, 6) is 0.732. The molecule has 0 saturated heterocycles. The topological polar surface area (TPSA) is 56.2 Å². The number of halogens is 1. The Morgan fingerprint density at radius 3 is 2.94 bits per heavy atom. The summed E-state index contributed by atoms with van der Waals surface area (Å²) in [4.78, 5) is 13.3. The monoisotopic (exact) mass is 463 g/mol. The van der Waals surface area contributed by atoms with Crippen LogP contribution in [0, 0.1) is 0 Å². The Hall–Kier alpha value is -3.09. The van der Waals surface area contributed by atoms with E-state index in [9.17, 15) is 4.79 Å². The minimum atomic E-state index is -0.152. The van der Waals surface area contributed by atoms with Crippen LogP contribution < -0.4 is 10.1 Å². The van der Waals surface area contributed by atoms with E-state index in [1.54, 1.807) is 10.9 Å². The number of fused-ring (bicyclic) bond motifs is 1. The van der Waals surface area contributed by atoms with E-state index in [2.05, 4.69) is 22.5 Å². The van der Waals surface area contributed by atoms with Crippen molar-refractivity contribution < 1.29 is 9.53 Å². The van der Waals surface area contributed by atoms with Crippen LogP contribution in [0.3, 0.4) is 0 Å². The lowest BCUT2D eigenvalue weighted by Crippen LogP contribution is -2.09. The number of benzene rings is 2. The number of ether oxygens (including phenoxy) is 1. The molecule has 0 unspecified atom stereocenters. The molecule has 2 aromatic carbocycles. The number of hydrogen-bond donors (Lipinski definition) is 1. The highest BCUT2D eigenvalue weighted by atomic mass is 35.5. The Kier molecular flexibility index (Phi) is 5.97. The van der Waals surface area contributed by atoms with Gasteiger partial charge >= 0.3 is 0 Å². The molecule has 0 saturated carbocycles. The molecule has 162 valence electrons. The molecule has 5 nitrogen and oxygen atoms in total. The number of nitrogens with zero attached hydrogens (tertiary/aromatic N) is 2. The fourth-order valence-corrected chi connectivity index (χ4v) is 4.91. The summed E-state index contributed by atoms with van der Waals surface area (Å²) >= 11 is 7.45. The van der Waals surface area contributed by atoms with Gasteiger partial charge in [-0.15, -0.1) is 11.3 Å². The van der Waals surface area contributed by atoms with E-state index in [0.717, 1.165) is 29.7 Å². The van der Waals surface area contributed by atoms with Crippen LogP contribution in [0.5, 0.6) is 5.75 Å². The van der Waals surface area contributed by atoms with Crippen molar-refractivity contribution >= 4 is 34.5 Å². The Morgan fingerprint density at radius 2 is 2.03 bits per heavy atom. The minimum Gasteiger partial charge on any atom is -0.489 e. The van der Waals surface area contributed by atoms with Gasteiger partial charge in [-0.1, -0.05) is 29.8 Å². The normalized spacial score (nSPS) is 12.5. The first-order chi connectivity index (χ1) is 15.6. The van der Waals surface area contributed by atoms with Crippen LogP contribution >= 0.6 is 22.9 Å². The molecule has 1 N–H and O–H groups in total. The number of hydrogen-bond acceptors (Lipinski definition) is 4. The zero-order valence-corrected chi connectivity index (χ0v) is 19.0. The average Bonchev–Trinajstić information content (AvgIpc) is 3.53. The second-order valence-corrected chi connectivity index (χ2v) is 9.25. The number of carbonyl (C=O) groups is 1. The molecule has 5 rings (SSSR count). The van der Waals surface area contributed by atoms with E-state index in [-0.39, 0.29) is 5.91 Å². The first kappa shape index (κ1) is 20.8. The third kappa shape index (κ3) is 4.87. The number of thiophene rings is 1. The third-order valence-corrected chi connectivity index (χ3v) is 6.69. The van der Waals surface area contributed by atoms with Gasteiger partial charge in [0.05, 0.1) is 23.3 Å². The van der Waals surface area contributed by atoms with Gasteiger partial charge in [-0.05, 0) is 71.7 Å². The van der Waals surface area contributed by atoms with Crippen LogP contribution in [0.1, 0.15) is 38.3 Å². The summed E-state index contributed by atoms with van der Waals surface area (Å²) in [6, 6.07) is 15.9. The van der Waals surface area contributed by atoms with Crippen molar-refractivity contribution in [2.24, 2.45) is 0 Å². The number of carbonyl (C=O) groups excluding carboxylic acids is 1. The maximum absolute atomic E-state index is 12.6. The molecule has 1 aliphatic carbocycles. The highest BCUT2D eigenvalue weighted by Gasteiger charge is 2.13. The molecule has 0 radical (unpaired) electrons. The van der Waals surface area contributed by atoms with Gasteiger partial charge in [-0.3, -0.25) is 9.48 Å². The van der Waals surface area contributed by atoms with Crippen molar-refractivity contribution in [1.82, 2.24) is 9.78 Å². The fraction of sp³-hybridized carbons (Fsp3) is 0.200. The summed E-state index contributed by atoms with van der Waals surface area (Å²) in [5, 5.41) is 9.89. The standard InChI is InChI=1S/C25H22ClN3O2S/c26-21-6-1-3-17(9-21)13-29-14-22(12-27-29)28-25(30)24-10-18(16-32-24)15-31-23-8-7-19-4-2-5-20(19)11-23/h1,3,6-12,14,16H,2,4-5,13,15H2,(H,28,30). The lowest BCUT2D eigenvalue weighted by molar-refractivity contribution is 0.103. The molecule has 0 fully saturated rings. The zero-order chi connectivity index (χ0) is 21.9. The number of amides is 1. The van der Waals surface area contributed by atoms with E-state index in [1.807, 2.05) is 48.0 Å². The van der Waals surface area contributed by atoms with Crippen LogP contribution in [0.15, 0.2) is 66.3 Å². The summed E-state index contributed by atoms with van der Waals surface area (Å²) in [6.45, 7) is 1.03. The lowest BCUT2D eigenvalue weighted by Gasteiger charge is -2.07. The minimum absolute atomic E-state index is 0.152. The maximum atomic E-state index is 12.6. The van der Waals surface area contributed by atoms with E-state index in [1.165, 1.54) is 28.9 Å². The second-order valence-electron chi connectivity index (χ2n) is 7.90.